The monoisotopic (exact) mass is 320 g/mol. The fourth-order valence-corrected chi connectivity index (χ4v) is 3.27. The second kappa shape index (κ2) is 6.49. The van der Waals surface area contributed by atoms with Crippen molar-refractivity contribution in [3.63, 3.8) is 0 Å². The molecule has 4 nitrogen and oxygen atoms in total. The lowest BCUT2D eigenvalue weighted by molar-refractivity contribution is 0.576. The summed E-state index contributed by atoms with van der Waals surface area (Å²) in [7, 11) is -3.41. The number of nitrogens with two attached hydrogens (primary N) is 1. The van der Waals surface area contributed by atoms with Gasteiger partial charge in [0.15, 0.2) is 0 Å². The van der Waals surface area contributed by atoms with Gasteiger partial charge in [-0.3, -0.25) is 0 Å². The van der Waals surface area contributed by atoms with Crippen molar-refractivity contribution in [2.45, 2.75) is 24.7 Å². The Morgan fingerprint density at radius 1 is 1.35 bits per heavy atom. The molecule has 0 saturated heterocycles. The second-order valence-corrected chi connectivity index (χ2v) is 6.35. The SMILES string of the molecule is Cc1c(Br)cccc1S(=O)(=O)NCCCCN. The normalized spacial score (nSPS) is 11.7. The third-order valence-electron chi connectivity index (χ3n) is 2.43. The van der Waals surface area contributed by atoms with Crippen LogP contribution in [0.4, 0.5) is 0 Å². The van der Waals surface area contributed by atoms with E-state index in [1.165, 1.54) is 0 Å². The lowest BCUT2D eigenvalue weighted by Gasteiger charge is -2.10. The molecule has 1 rings (SSSR count). The molecular weight excluding hydrogens is 304 g/mol. The maximum absolute atomic E-state index is 12.0. The molecule has 0 aliphatic heterocycles. The van der Waals surface area contributed by atoms with Crippen LogP contribution in [-0.4, -0.2) is 21.5 Å². The van der Waals surface area contributed by atoms with Crippen LogP contribution in [0.2, 0.25) is 0 Å². The van der Waals surface area contributed by atoms with Crippen molar-refractivity contribution in [3.05, 3.63) is 28.2 Å². The summed E-state index contributed by atoms with van der Waals surface area (Å²) in [5.74, 6) is 0. The summed E-state index contributed by atoms with van der Waals surface area (Å²) in [5.41, 5.74) is 6.07. The van der Waals surface area contributed by atoms with Gasteiger partial charge in [-0.1, -0.05) is 22.0 Å². The summed E-state index contributed by atoms with van der Waals surface area (Å²) >= 11 is 3.32. The number of hydrogen-bond acceptors (Lipinski definition) is 3. The van der Waals surface area contributed by atoms with Crippen molar-refractivity contribution in [2.24, 2.45) is 5.73 Å². The van der Waals surface area contributed by atoms with Crippen molar-refractivity contribution in [3.8, 4) is 0 Å². The van der Waals surface area contributed by atoms with Crippen molar-refractivity contribution < 1.29 is 8.42 Å². The number of benzene rings is 1. The molecule has 0 radical (unpaired) electrons. The van der Waals surface area contributed by atoms with Gasteiger partial charge < -0.3 is 5.73 Å². The van der Waals surface area contributed by atoms with Gasteiger partial charge in [-0.2, -0.15) is 0 Å². The summed E-state index contributed by atoms with van der Waals surface area (Å²) in [6, 6.07) is 5.14. The molecule has 0 aromatic heterocycles. The Labute approximate surface area is 111 Å². The van der Waals surface area contributed by atoms with Gasteiger partial charge in [0.25, 0.3) is 0 Å². The topological polar surface area (TPSA) is 72.2 Å². The molecule has 1 aromatic rings. The van der Waals surface area contributed by atoms with E-state index in [4.69, 9.17) is 5.73 Å². The fourth-order valence-electron chi connectivity index (χ4n) is 1.43. The summed E-state index contributed by atoms with van der Waals surface area (Å²) in [5, 5.41) is 0. The predicted octanol–water partition coefficient (Wildman–Crippen LogP) is 1.77. The second-order valence-electron chi connectivity index (χ2n) is 3.76. The van der Waals surface area contributed by atoms with Crippen molar-refractivity contribution >= 4 is 26.0 Å². The van der Waals surface area contributed by atoms with E-state index in [2.05, 4.69) is 20.7 Å². The van der Waals surface area contributed by atoms with Gasteiger partial charge in [-0.25, -0.2) is 13.1 Å². The summed E-state index contributed by atoms with van der Waals surface area (Å²) in [6.45, 7) is 2.78. The molecule has 6 heteroatoms. The lowest BCUT2D eigenvalue weighted by Crippen LogP contribution is -2.26. The molecule has 1 aromatic carbocycles. The zero-order chi connectivity index (χ0) is 12.9. The van der Waals surface area contributed by atoms with E-state index in [0.717, 1.165) is 22.9 Å². The first-order valence-electron chi connectivity index (χ1n) is 5.44. The highest BCUT2D eigenvalue weighted by Gasteiger charge is 2.16. The highest BCUT2D eigenvalue weighted by molar-refractivity contribution is 9.10. The van der Waals surface area contributed by atoms with Gasteiger partial charge in [0.2, 0.25) is 10.0 Å². The predicted molar refractivity (Wildman–Crippen MR) is 72.4 cm³/mol. The number of unbranched alkanes of at least 4 members (excludes halogenated alkanes) is 1. The lowest BCUT2D eigenvalue weighted by atomic mass is 10.2. The van der Waals surface area contributed by atoms with Crippen LogP contribution in [0.15, 0.2) is 27.6 Å². The van der Waals surface area contributed by atoms with Crippen LogP contribution in [0.1, 0.15) is 18.4 Å². The van der Waals surface area contributed by atoms with Crippen molar-refractivity contribution in [1.29, 1.82) is 0 Å². The van der Waals surface area contributed by atoms with E-state index in [9.17, 15) is 8.42 Å². The van der Waals surface area contributed by atoms with Crippen LogP contribution in [0.25, 0.3) is 0 Å². The Morgan fingerprint density at radius 3 is 2.71 bits per heavy atom. The minimum absolute atomic E-state index is 0.319. The smallest absolute Gasteiger partial charge is 0.240 e. The van der Waals surface area contributed by atoms with Crippen LogP contribution in [0.3, 0.4) is 0 Å². The van der Waals surface area contributed by atoms with Crippen LogP contribution in [-0.2, 0) is 10.0 Å². The molecule has 17 heavy (non-hydrogen) atoms. The molecule has 0 aliphatic rings. The van der Waals surface area contributed by atoms with E-state index in [0.29, 0.717) is 18.0 Å². The molecule has 96 valence electrons. The molecule has 0 atom stereocenters. The average molecular weight is 321 g/mol. The molecule has 0 aliphatic carbocycles. The Kier molecular flexibility index (Phi) is 5.58. The zero-order valence-electron chi connectivity index (χ0n) is 9.74. The van der Waals surface area contributed by atoms with Crippen LogP contribution >= 0.6 is 15.9 Å². The highest BCUT2D eigenvalue weighted by Crippen LogP contribution is 2.22. The van der Waals surface area contributed by atoms with E-state index in [-0.39, 0.29) is 0 Å². The third kappa shape index (κ3) is 4.06. The third-order valence-corrected chi connectivity index (χ3v) is 4.90. The summed E-state index contributed by atoms with van der Waals surface area (Å²) in [6.07, 6.45) is 1.57. The van der Waals surface area contributed by atoms with E-state index < -0.39 is 10.0 Å². The number of halogens is 1. The van der Waals surface area contributed by atoms with E-state index >= 15 is 0 Å². The largest absolute Gasteiger partial charge is 0.330 e. The molecule has 0 amide bonds. The Morgan fingerprint density at radius 2 is 2.06 bits per heavy atom. The first kappa shape index (κ1) is 14.6. The van der Waals surface area contributed by atoms with Crippen LogP contribution < -0.4 is 10.5 Å². The quantitative estimate of drug-likeness (QED) is 0.785. The molecule has 3 N–H and O–H groups in total. The minimum Gasteiger partial charge on any atom is -0.330 e. The number of rotatable bonds is 6. The number of hydrogen-bond donors (Lipinski definition) is 2. The number of sulfonamides is 1. The molecule has 0 saturated carbocycles. The summed E-state index contributed by atoms with van der Waals surface area (Å²) < 4.78 is 27.4. The van der Waals surface area contributed by atoms with E-state index in [1.54, 1.807) is 19.1 Å². The molecule has 0 fully saturated rings. The fraction of sp³-hybridized carbons (Fsp3) is 0.455. The van der Waals surface area contributed by atoms with Crippen molar-refractivity contribution in [2.75, 3.05) is 13.1 Å². The zero-order valence-corrected chi connectivity index (χ0v) is 12.1. The Bertz CT molecular complexity index is 474. The molecular formula is C11H17BrN2O2S. The van der Waals surface area contributed by atoms with Gasteiger partial charge in [-0.05, 0) is 44.0 Å². The summed E-state index contributed by atoms with van der Waals surface area (Å²) in [4.78, 5) is 0.319. The molecule has 0 unspecified atom stereocenters. The Balaban J connectivity index is 2.79. The maximum Gasteiger partial charge on any atom is 0.240 e. The van der Waals surface area contributed by atoms with Crippen LogP contribution in [0, 0.1) is 6.92 Å². The molecule has 0 bridgehead atoms. The van der Waals surface area contributed by atoms with Gasteiger partial charge in [0, 0.05) is 11.0 Å². The number of nitrogens with one attached hydrogen (secondary N) is 1. The maximum atomic E-state index is 12.0. The average Bonchev–Trinajstić information content (AvgIpc) is 2.28. The van der Waals surface area contributed by atoms with Gasteiger partial charge in [0.1, 0.15) is 0 Å². The highest BCUT2D eigenvalue weighted by atomic mass is 79.9. The minimum atomic E-state index is -3.41. The van der Waals surface area contributed by atoms with Gasteiger partial charge in [-0.15, -0.1) is 0 Å². The van der Waals surface area contributed by atoms with Crippen molar-refractivity contribution in [1.82, 2.24) is 4.72 Å². The van der Waals surface area contributed by atoms with Crippen LogP contribution in [0.5, 0.6) is 0 Å². The Hall–Kier alpha value is -0.430. The molecule has 0 spiro atoms. The first-order valence-corrected chi connectivity index (χ1v) is 7.71. The first-order chi connectivity index (χ1) is 7.99. The standard InChI is InChI=1S/C11H17BrN2O2S/c1-9-10(12)5-4-6-11(9)17(15,16)14-8-3-2-7-13/h4-6,14H,2-3,7-8,13H2,1H3. The van der Waals surface area contributed by atoms with E-state index in [1.807, 2.05) is 6.07 Å². The molecule has 0 heterocycles. The van der Waals surface area contributed by atoms with Gasteiger partial charge in [0.05, 0.1) is 4.90 Å². The van der Waals surface area contributed by atoms with Gasteiger partial charge >= 0.3 is 0 Å².